The number of carbonyl (C=O) groups excluding carboxylic acids is 1. The normalized spacial score (nSPS) is 7.20. The molecule has 0 aromatic rings. The van der Waals surface area contributed by atoms with E-state index in [1.165, 1.54) is 0 Å². The number of rotatable bonds is 3. The molecule has 0 aliphatic heterocycles. The summed E-state index contributed by atoms with van der Waals surface area (Å²) in [5.74, 6) is -1.54. The lowest BCUT2D eigenvalue weighted by atomic mass is 10.5. The van der Waals surface area contributed by atoms with Gasteiger partial charge in [0.05, 0.1) is 0 Å². The van der Waals surface area contributed by atoms with E-state index in [0.29, 0.717) is 0 Å². The first-order chi connectivity index (χ1) is 4.16. The van der Waals surface area contributed by atoms with Gasteiger partial charge in [-0.1, -0.05) is 6.58 Å². The van der Waals surface area contributed by atoms with E-state index in [9.17, 15) is 9.59 Å². The van der Waals surface area contributed by atoms with Crippen molar-refractivity contribution in [1.29, 1.82) is 0 Å². The lowest BCUT2D eigenvalue weighted by Crippen LogP contribution is -2.27. The Morgan fingerprint density at radius 3 is 2.40 bits per heavy atom. The lowest BCUT2D eigenvalue weighted by molar-refractivity contribution is -0.137. The zero-order valence-corrected chi connectivity index (χ0v) is 5.46. The summed E-state index contributed by atoms with van der Waals surface area (Å²) in [7, 11) is 0. The van der Waals surface area contributed by atoms with Crippen molar-refractivity contribution in [2.24, 2.45) is 0 Å². The molecule has 0 heterocycles. The smallest absolute Gasteiger partial charge is 0.322 e. The second-order valence-electron chi connectivity index (χ2n) is 1.32. The van der Waals surface area contributed by atoms with Crippen molar-refractivity contribution in [2.75, 3.05) is 6.54 Å². The molecule has 1 amide bonds. The van der Waals surface area contributed by atoms with Gasteiger partial charge in [0.25, 0.3) is 0 Å². The molecule has 0 unspecified atom stereocenters. The summed E-state index contributed by atoms with van der Waals surface area (Å²) in [6.07, 6.45) is 1.02. The summed E-state index contributed by atoms with van der Waals surface area (Å²) in [5, 5.41) is 10.1. The predicted molar refractivity (Wildman–Crippen MR) is 35.9 cm³/mol. The molecule has 5 N–H and O–H groups in total. The molecule has 5 nitrogen and oxygen atoms in total. The van der Waals surface area contributed by atoms with Crippen molar-refractivity contribution in [2.45, 2.75) is 0 Å². The second kappa shape index (κ2) is 5.77. The first-order valence-electron chi connectivity index (χ1n) is 2.29. The van der Waals surface area contributed by atoms with Gasteiger partial charge in [0.2, 0.25) is 5.91 Å². The highest BCUT2D eigenvalue weighted by atomic mass is 16.4. The van der Waals surface area contributed by atoms with E-state index in [2.05, 4.69) is 11.9 Å². The molecule has 0 bridgehead atoms. The van der Waals surface area contributed by atoms with Gasteiger partial charge < -0.3 is 16.6 Å². The highest BCUT2D eigenvalue weighted by Crippen LogP contribution is 1.65. The van der Waals surface area contributed by atoms with E-state index >= 15 is 0 Å². The number of nitrogens with one attached hydrogen (secondary N) is 1. The minimum absolute atomic E-state index is 0. The quantitative estimate of drug-likeness (QED) is 0.468. The van der Waals surface area contributed by atoms with Crippen molar-refractivity contribution in [3.05, 3.63) is 12.7 Å². The highest BCUT2D eigenvalue weighted by molar-refractivity contribution is 5.89. The molecule has 0 spiro atoms. The summed E-state index contributed by atoms with van der Waals surface area (Å²) < 4.78 is 0. The van der Waals surface area contributed by atoms with Gasteiger partial charge in [0.15, 0.2) is 0 Å². The van der Waals surface area contributed by atoms with E-state index in [1.807, 2.05) is 0 Å². The Bertz CT molecular complexity index is 144. The van der Waals surface area contributed by atoms with Crippen molar-refractivity contribution in [3.63, 3.8) is 0 Å². The topological polar surface area (TPSA) is 101 Å². The molecule has 10 heavy (non-hydrogen) atoms. The van der Waals surface area contributed by atoms with Gasteiger partial charge in [-0.2, -0.15) is 0 Å². The number of carboxylic acid groups (broad SMARTS) is 1. The van der Waals surface area contributed by atoms with Crippen LogP contribution in [0.15, 0.2) is 12.7 Å². The van der Waals surface area contributed by atoms with Crippen LogP contribution in [-0.2, 0) is 9.59 Å². The summed E-state index contributed by atoms with van der Waals surface area (Å²) in [5.41, 5.74) is 0. The minimum Gasteiger partial charge on any atom is -0.480 e. The van der Waals surface area contributed by atoms with Crippen LogP contribution in [0.2, 0.25) is 0 Å². The lowest BCUT2D eigenvalue weighted by Gasteiger charge is -1.93. The largest absolute Gasteiger partial charge is 0.480 e. The van der Waals surface area contributed by atoms with Crippen LogP contribution in [0.3, 0.4) is 0 Å². The van der Waals surface area contributed by atoms with Crippen molar-refractivity contribution < 1.29 is 14.7 Å². The number of carboxylic acids is 1. The maximum atomic E-state index is 10.2. The Morgan fingerprint density at radius 2 is 2.10 bits per heavy atom. The maximum absolute atomic E-state index is 10.2. The molecule has 0 fully saturated rings. The SMILES string of the molecule is C=CC(=O)NCC(=O)O.N. The summed E-state index contributed by atoms with van der Waals surface area (Å²) in [4.78, 5) is 20.0. The Labute approximate surface area is 58.3 Å². The molecule has 0 atom stereocenters. The van der Waals surface area contributed by atoms with E-state index in [-0.39, 0.29) is 12.7 Å². The van der Waals surface area contributed by atoms with Crippen LogP contribution in [0.5, 0.6) is 0 Å². The van der Waals surface area contributed by atoms with Crippen molar-refractivity contribution in [3.8, 4) is 0 Å². The van der Waals surface area contributed by atoms with Gasteiger partial charge >= 0.3 is 5.97 Å². The van der Waals surface area contributed by atoms with Crippen LogP contribution < -0.4 is 11.5 Å². The third-order valence-corrected chi connectivity index (χ3v) is 0.599. The molecule has 0 aromatic heterocycles. The Hall–Kier alpha value is -1.36. The fraction of sp³-hybridized carbons (Fsp3) is 0.200. The Morgan fingerprint density at radius 1 is 1.60 bits per heavy atom. The average molecular weight is 146 g/mol. The summed E-state index contributed by atoms with van der Waals surface area (Å²) >= 11 is 0. The number of hydrogen-bond donors (Lipinski definition) is 3. The van der Waals surface area contributed by atoms with Crippen LogP contribution >= 0.6 is 0 Å². The van der Waals surface area contributed by atoms with Crippen molar-refractivity contribution >= 4 is 11.9 Å². The zero-order valence-electron chi connectivity index (χ0n) is 5.46. The number of carbonyl (C=O) groups is 2. The third-order valence-electron chi connectivity index (χ3n) is 0.599. The number of hydrogen-bond acceptors (Lipinski definition) is 3. The Balaban J connectivity index is 0. The molecular formula is C5H10N2O3. The van der Waals surface area contributed by atoms with Gasteiger partial charge in [-0.15, -0.1) is 0 Å². The van der Waals surface area contributed by atoms with Crippen molar-refractivity contribution in [1.82, 2.24) is 11.5 Å². The van der Waals surface area contributed by atoms with Crippen LogP contribution in [0.1, 0.15) is 0 Å². The van der Waals surface area contributed by atoms with Crippen LogP contribution in [0.4, 0.5) is 0 Å². The van der Waals surface area contributed by atoms with Crippen LogP contribution in [-0.4, -0.2) is 23.5 Å². The average Bonchev–Trinajstić information content (AvgIpc) is 1.83. The molecule has 0 saturated carbocycles. The van der Waals surface area contributed by atoms with Gasteiger partial charge in [0.1, 0.15) is 6.54 Å². The van der Waals surface area contributed by atoms with Gasteiger partial charge in [0, 0.05) is 0 Å². The molecule has 58 valence electrons. The highest BCUT2D eigenvalue weighted by Gasteiger charge is 1.96. The van der Waals surface area contributed by atoms with E-state index in [1.54, 1.807) is 0 Å². The van der Waals surface area contributed by atoms with E-state index < -0.39 is 11.9 Å². The second-order valence-corrected chi connectivity index (χ2v) is 1.32. The summed E-state index contributed by atoms with van der Waals surface area (Å²) in [6.45, 7) is 2.78. The predicted octanol–water partition coefficient (Wildman–Crippen LogP) is -0.465. The third kappa shape index (κ3) is 6.64. The fourth-order valence-corrected chi connectivity index (χ4v) is 0.235. The molecule has 0 aromatic carbocycles. The van der Waals surface area contributed by atoms with Gasteiger partial charge in [-0.25, -0.2) is 0 Å². The van der Waals surface area contributed by atoms with E-state index in [4.69, 9.17) is 5.11 Å². The maximum Gasteiger partial charge on any atom is 0.322 e. The number of aliphatic carboxylic acids is 1. The minimum atomic E-state index is -1.06. The molecule has 5 heteroatoms. The first-order valence-corrected chi connectivity index (χ1v) is 2.29. The van der Waals surface area contributed by atoms with Gasteiger partial charge in [-0.3, -0.25) is 9.59 Å². The first kappa shape index (κ1) is 11.4. The molecule has 0 rings (SSSR count). The van der Waals surface area contributed by atoms with Crippen LogP contribution in [0, 0.1) is 0 Å². The zero-order chi connectivity index (χ0) is 7.28. The molecule has 0 radical (unpaired) electrons. The van der Waals surface area contributed by atoms with Crippen LogP contribution in [0.25, 0.3) is 0 Å². The standard InChI is InChI=1S/C5H7NO3.H3N/c1-2-4(7)6-3-5(8)9;/h2H,1,3H2,(H,6,7)(H,8,9);1H3. The van der Waals surface area contributed by atoms with Gasteiger partial charge in [-0.05, 0) is 6.08 Å². The molecule has 0 aliphatic carbocycles. The number of amides is 1. The fourth-order valence-electron chi connectivity index (χ4n) is 0.235. The molecule has 0 aliphatic rings. The molecular weight excluding hydrogens is 136 g/mol. The summed E-state index contributed by atoms with van der Waals surface area (Å²) in [6, 6.07) is 0. The van der Waals surface area contributed by atoms with E-state index in [0.717, 1.165) is 6.08 Å². The Kier molecular flexibility index (Phi) is 6.60. The molecule has 0 saturated heterocycles. The monoisotopic (exact) mass is 146 g/mol.